The predicted octanol–water partition coefficient (Wildman–Crippen LogP) is 4.05. The van der Waals surface area contributed by atoms with E-state index in [-0.39, 0.29) is 17.2 Å². The number of carbonyl (C=O) groups is 1. The molecule has 0 atom stereocenters. The summed E-state index contributed by atoms with van der Waals surface area (Å²) in [4.78, 5) is 12.4. The molecule has 128 valence electrons. The van der Waals surface area contributed by atoms with Crippen molar-refractivity contribution in [2.24, 2.45) is 7.05 Å². The topological polar surface area (TPSA) is 56.1 Å². The van der Waals surface area contributed by atoms with Crippen molar-refractivity contribution in [3.8, 4) is 11.6 Å². The molecular formula is C18H15F2N3O2. The first-order valence-corrected chi connectivity index (χ1v) is 7.48. The lowest BCUT2D eigenvalue weighted by molar-refractivity contribution is 0.102. The number of anilines is 1. The van der Waals surface area contributed by atoms with Gasteiger partial charge in [-0.05, 0) is 31.2 Å². The second-order valence-corrected chi connectivity index (χ2v) is 5.38. The summed E-state index contributed by atoms with van der Waals surface area (Å²) in [5, 5.41) is 6.80. The number of nitrogens with zero attached hydrogens (tertiary/aromatic N) is 2. The third kappa shape index (κ3) is 3.50. The summed E-state index contributed by atoms with van der Waals surface area (Å²) in [7, 11) is 1.63. The fraction of sp³-hybridized carbons (Fsp3) is 0.111. The van der Waals surface area contributed by atoms with E-state index in [1.54, 1.807) is 26.1 Å². The number of aryl methyl sites for hydroxylation is 2. The molecule has 0 saturated heterocycles. The largest absolute Gasteiger partial charge is 0.437 e. The van der Waals surface area contributed by atoms with Crippen LogP contribution in [0, 0.1) is 18.6 Å². The van der Waals surface area contributed by atoms with E-state index in [0.29, 0.717) is 11.4 Å². The van der Waals surface area contributed by atoms with E-state index in [0.717, 1.165) is 0 Å². The summed E-state index contributed by atoms with van der Waals surface area (Å²) in [5.41, 5.74) is 0.682. The number of aromatic nitrogens is 2. The van der Waals surface area contributed by atoms with Gasteiger partial charge in [0.15, 0.2) is 0 Å². The van der Waals surface area contributed by atoms with Crippen molar-refractivity contribution in [1.29, 1.82) is 0 Å². The molecule has 0 aliphatic heterocycles. The summed E-state index contributed by atoms with van der Waals surface area (Å²) in [5.74, 6) is -1.24. The van der Waals surface area contributed by atoms with Crippen LogP contribution in [0.15, 0.2) is 48.5 Å². The highest BCUT2D eigenvalue weighted by atomic mass is 19.1. The molecule has 0 unspecified atom stereocenters. The first-order chi connectivity index (χ1) is 12.0. The maximum absolute atomic E-state index is 13.8. The minimum Gasteiger partial charge on any atom is -0.437 e. The van der Waals surface area contributed by atoms with Crippen LogP contribution in [-0.4, -0.2) is 15.7 Å². The second kappa shape index (κ2) is 6.72. The third-order valence-corrected chi connectivity index (χ3v) is 3.54. The van der Waals surface area contributed by atoms with Gasteiger partial charge >= 0.3 is 0 Å². The average molecular weight is 343 g/mol. The van der Waals surface area contributed by atoms with Crippen LogP contribution in [0.2, 0.25) is 0 Å². The highest BCUT2D eigenvalue weighted by Crippen LogP contribution is 2.32. The van der Waals surface area contributed by atoms with E-state index in [1.807, 2.05) is 0 Å². The minimum absolute atomic E-state index is 0.0949. The van der Waals surface area contributed by atoms with E-state index in [1.165, 1.54) is 41.1 Å². The second-order valence-electron chi connectivity index (χ2n) is 5.38. The van der Waals surface area contributed by atoms with Gasteiger partial charge in [-0.1, -0.05) is 18.2 Å². The van der Waals surface area contributed by atoms with Gasteiger partial charge in [0.1, 0.15) is 23.1 Å². The molecule has 0 fully saturated rings. The zero-order valence-corrected chi connectivity index (χ0v) is 13.6. The minimum atomic E-state index is -0.630. The van der Waals surface area contributed by atoms with Gasteiger partial charge in [-0.2, -0.15) is 5.10 Å². The molecule has 1 aromatic heterocycles. The molecule has 1 amide bonds. The zero-order valence-electron chi connectivity index (χ0n) is 13.6. The highest BCUT2D eigenvalue weighted by Gasteiger charge is 2.20. The number of benzene rings is 2. The van der Waals surface area contributed by atoms with Crippen LogP contribution in [0.4, 0.5) is 14.5 Å². The molecular weight excluding hydrogens is 328 g/mol. The van der Waals surface area contributed by atoms with Crippen molar-refractivity contribution in [2.45, 2.75) is 6.92 Å². The quantitative estimate of drug-likeness (QED) is 0.777. The Labute approximate surface area is 142 Å². The van der Waals surface area contributed by atoms with E-state index in [2.05, 4.69) is 10.4 Å². The highest BCUT2D eigenvalue weighted by molar-refractivity contribution is 6.05. The van der Waals surface area contributed by atoms with E-state index in [4.69, 9.17) is 4.74 Å². The predicted molar refractivity (Wildman–Crippen MR) is 88.8 cm³/mol. The van der Waals surface area contributed by atoms with Crippen molar-refractivity contribution in [1.82, 2.24) is 9.78 Å². The fourth-order valence-corrected chi connectivity index (χ4v) is 2.37. The summed E-state index contributed by atoms with van der Waals surface area (Å²) >= 11 is 0. The smallest absolute Gasteiger partial charge is 0.258 e. The molecule has 0 aliphatic carbocycles. The Bertz CT molecular complexity index is 938. The van der Waals surface area contributed by atoms with Crippen LogP contribution >= 0.6 is 0 Å². The zero-order chi connectivity index (χ0) is 18.0. The molecule has 5 nitrogen and oxygen atoms in total. The molecule has 1 heterocycles. The van der Waals surface area contributed by atoms with Gasteiger partial charge in [-0.3, -0.25) is 4.79 Å². The summed E-state index contributed by atoms with van der Waals surface area (Å²) in [6.45, 7) is 1.68. The molecule has 2 aromatic carbocycles. The summed E-state index contributed by atoms with van der Waals surface area (Å²) < 4.78 is 34.2. The monoisotopic (exact) mass is 343 g/mol. The van der Waals surface area contributed by atoms with Gasteiger partial charge in [0.05, 0.1) is 11.3 Å². The SMILES string of the molecule is Cc1nn(C)c(Oc2cccc(F)c2)c1NC(=O)c1ccccc1F. The molecule has 0 bridgehead atoms. The van der Waals surface area contributed by atoms with Crippen LogP contribution in [-0.2, 0) is 7.05 Å². The molecule has 0 aliphatic rings. The third-order valence-electron chi connectivity index (χ3n) is 3.54. The lowest BCUT2D eigenvalue weighted by Crippen LogP contribution is -2.14. The van der Waals surface area contributed by atoms with Gasteiger partial charge in [0, 0.05) is 13.1 Å². The standard InChI is InChI=1S/C18H15F2N3O2/c1-11-16(21-17(24)14-8-3-4-9-15(14)20)18(23(2)22-11)25-13-7-5-6-12(19)10-13/h3-10H,1-2H3,(H,21,24). The lowest BCUT2D eigenvalue weighted by Gasteiger charge is -2.10. The Kier molecular flexibility index (Phi) is 4.47. The molecule has 7 heteroatoms. The number of halogens is 2. The number of amides is 1. The molecule has 0 saturated carbocycles. The molecule has 3 rings (SSSR count). The maximum Gasteiger partial charge on any atom is 0.258 e. The molecule has 0 radical (unpaired) electrons. The van der Waals surface area contributed by atoms with Crippen LogP contribution in [0.5, 0.6) is 11.6 Å². The van der Waals surface area contributed by atoms with Crippen LogP contribution in [0.25, 0.3) is 0 Å². The van der Waals surface area contributed by atoms with Crippen molar-refractivity contribution in [2.75, 3.05) is 5.32 Å². The number of nitrogens with one attached hydrogen (secondary N) is 1. The van der Waals surface area contributed by atoms with Gasteiger partial charge in [-0.25, -0.2) is 13.5 Å². The van der Waals surface area contributed by atoms with Crippen molar-refractivity contribution >= 4 is 11.6 Å². The Balaban J connectivity index is 1.92. The number of hydrogen-bond acceptors (Lipinski definition) is 3. The van der Waals surface area contributed by atoms with E-state index < -0.39 is 17.5 Å². The summed E-state index contributed by atoms with van der Waals surface area (Å²) in [6.07, 6.45) is 0. The van der Waals surface area contributed by atoms with E-state index in [9.17, 15) is 13.6 Å². The van der Waals surface area contributed by atoms with Crippen LogP contribution in [0.1, 0.15) is 16.1 Å². The van der Waals surface area contributed by atoms with Crippen molar-refractivity contribution < 1.29 is 18.3 Å². The van der Waals surface area contributed by atoms with Gasteiger partial charge in [0.2, 0.25) is 5.88 Å². The molecule has 0 spiro atoms. The number of rotatable bonds is 4. The number of hydrogen-bond donors (Lipinski definition) is 1. The van der Waals surface area contributed by atoms with Crippen molar-refractivity contribution in [3.63, 3.8) is 0 Å². The Morgan fingerprint density at radius 2 is 1.92 bits per heavy atom. The average Bonchev–Trinajstić information content (AvgIpc) is 2.82. The normalized spacial score (nSPS) is 10.6. The van der Waals surface area contributed by atoms with Gasteiger partial charge in [0.25, 0.3) is 5.91 Å². The fourth-order valence-electron chi connectivity index (χ4n) is 2.37. The first kappa shape index (κ1) is 16.6. The Hall–Kier alpha value is -3.22. The lowest BCUT2D eigenvalue weighted by atomic mass is 10.2. The Morgan fingerprint density at radius 1 is 1.16 bits per heavy atom. The van der Waals surface area contributed by atoms with Gasteiger partial charge in [-0.15, -0.1) is 0 Å². The number of ether oxygens (including phenoxy) is 1. The molecule has 3 aromatic rings. The number of carbonyl (C=O) groups excluding carboxylic acids is 1. The van der Waals surface area contributed by atoms with Crippen LogP contribution < -0.4 is 10.1 Å². The Morgan fingerprint density at radius 3 is 2.64 bits per heavy atom. The van der Waals surface area contributed by atoms with Crippen molar-refractivity contribution in [3.05, 3.63) is 71.4 Å². The molecule has 1 N–H and O–H groups in total. The maximum atomic E-state index is 13.8. The molecule has 25 heavy (non-hydrogen) atoms. The van der Waals surface area contributed by atoms with Crippen LogP contribution in [0.3, 0.4) is 0 Å². The van der Waals surface area contributed by atoms with Gasteiger partial charge < -0.3 is 10.1 Å². The van der Waals surface area contributed by atoms with E-state index >= 15 is 0 Å². The first-order valence-electron chi connectivity index (χ1n) is 7.48. The summed E-state index contributed by atoms with van der Waals surface area (Å²) in [6, 6.07) is 11.2.